The van der Waals surface area contributed by atoms with Gasteiger partial charge in [0.25, 0.3) is 0 Å². The predicted molar refractivity (Wildman–Crippen MR) is 67.3 cm³/mol. The average Bonchev–Trinajstić information content (AvgIpc) is 2.93. The lowest BCUT2D eigenvalue weighted by Gasteiger charge is -2.15. The topological polar surface area (TPSA) is 67.7 Å². The Morgan fingerprint density at radius 1 is 1.00 bits per heavy atom. The van der Waals surface area contributed by atoms with E-state index in [1.165, 1.54) is 6.33 Å². The Labute approximate surface area is 109 Å². The van der Waals surface area contributed by atoms with E-state index in [2.05, 4.69) is 29.8 Å². The third-order valence-corrected chi connectivity index (χ3v) is 2.97. The van der Waals surface area contributed by atoms with Gasteiger partial charge in [-0.25, -0.2) is 9.97 Å². The molecule has 7 heteroatoms. The Hall–Kier alpha value is -1.82. The molecule has 1 aliphatic rings. The second-order valence-corrected chi connectivity index (χ2v) is 4.39. The summed E-state index contributed by atoms with van der Waals surface area (Å²) < 4.78 is 0. The minimum absolute atomic E-state index is 0.200. The van der Waals surface area contributed by atoms with Gasteiger partial charge in [-0.05, 0) is 24.4 Å². The van der Waals surface area contributed by atoms with E-state index in [1.54, 1.807) is 12.4 Å². The van der Waals surface area contributed by atoms with Gasteiger partial charge >= 0.3 is 0 Å². The molecule has 92 valence electrons. The lowest BCUT2D eigenvalue weighted by Crippen LogP contribution is -2.21. The first-order valence-corrected chi connectivity index (χ1v) is 6.12. The molecule has 0 aliphatic carbocycles. The van der Waals surface area contributed by atoms with E-state index in [0.717, 1.165) is 31.5 Å². The molecule has 6 nitrogen and oxygen atoms in total. The summed E-state index contributed by atoms with van der Waals surface area (Å²) in [7, 11) is 0. The molecule has 0 atom stereocenters. The van der Waals surface area contributed by atoms with Gasteiger partial charge in [0.05, 0.1) is 5.56 Å². The van der Waals surface area contributed by atoms with Crippen LogP contribution in [0.15, 0.2) is 18.7 Å². The summed E-state index contributed by atoms with van der Waals surface area (Å²) in [6, 6.07) is 0. The van der Waals surface area contributed by atoms with E-state index in [4.69, 9.17) is 11.6 Å². The second-order valence-electron chi connectivity index (χ2n) is 4.05. The molecule has 0 spiro atoms. The van der Waals surface area contributed by atoms with Gasteiger partial charge in [-0.15, -0.1) is 0 Å². The predicted octanol–water partition coefficient (Wildman–Crippen LogP) is 1.58. The zero-order valence-corrected chi connectivity index (χ0v) is 10.4. The monoisotopic (exact) mass is 262 g/mol. The van der Waals surface area contributed by atoms with Gasteiger partial charge < -0.3 is 4.90 Å². The van der Waals surface area contributed by atoms with Crippen molar-refractivity contribution in [2.75, 3.05) is 18.0 Å². The summed E-state index contributed by atoms with van der Waals surface area (Å²) in [5.41, 5.74) is 0.738. The summed E-state index contributed by atoms with van der Waals surface area (Å²) in [5, 5.41) is 0.200. The molecule has 1 fully saturated rings. The lowest BCUT2D eigenvalue weighted by atomic mass is 10.3. The van der Waals surface area contributed by atoms with Gasteiger partial charge in [-0.3, -0.25) is 0 Å². The van der Waals surface area contributed by atoms with Gasteiger partial charge in [-0.2, -0.15) is 15.0 Å². The highest BCUT2D eigenvalue weighted by atomic mass is 35.5. The Morgan fingerprint density at radius 3 is 2.44 bits per heavy atom. The summed E-state index contributed by atoms with van der Waals surface area (Å²) in [6.45, 7) is 1.93. The maximum atomic E-state index is 5.95. The Kier molecular flexibility index (Phi) is 3.02. The number of hydrogen-bond acceptors (Lipinski definition) is 6. The highest BCUT2D eigenvalue weighted by Gasteiger charge is 2.17. The first-order chi connectivity index (χ1) is 8.83. The zero-order chi connectivity index (χ0) is 12.4. The first-order valence-electron chi connectivity index (χ1n) is 5.75. The van der Waals surface area contributed by atoms with Crippen LogP contribution in [0.4, 0.5) is 5.95 Å². The Balaban J connectivity index is 2.00. The number of aromatic nitrogens is 5. The zero-order valence-electron chi connectivity index (χ0n) is 9.62. The molecule has 0 saturated carbocycles. The van der Waals surface area contributed by atoms with Gasteiger partial charge in [0.1, 0.15) is 6.33 Å². The molecular formula is C11H11ClN6. The Morgan fingerprint density at radius 2 is 1.72 bits per heavy atom. The van der Waals surface area contributed by atoms with Crippen molar-refractivity contribution in [2.24, 2.45) is 0 Å². The quantitative estimate of drug-likeness (QED) is 0.819. The van der Waals surface area contributed by atoms with E-state index in [-0.39, 0.29) is 5.28 Å². The van der Waals surface area contributed by atoms with Gasteiger partial charge in [0.15, 0.2) is 5.82 Å². The molecule has 2 aromatic rings. The van der Waals surface area contributed by atoms with Crippen molar-refractivity contribution < 1.29 is 0 Å². The van der Waals surface area contributed by atoms with Gasteiger partial charge in [-0.1, -0.05) is 0 Å². The molecule has 1 aliphatic heterocycles. The molecule has 0 aromatic carbocycles. The largest absolute Gasteiger partial charge is 0.341 e. The van der Waals surface area contributed by atoms with Gasteiger partial charge in [0, 0.05) is 25.5 Å². The van der Waals surface area contributed by atoms with Crippen molar-refractivity contribution >= 4 is 17.5 Å². The minimum Gasteiger partial charge on any atom is -0.341 e. The van der Waals surface area contributed by atoms with Crippen molar-refractivity contribution in [2.45, 2.75) is 12.8 Å². The third kappa shape index (κ3) is 2.24. The van der Waals surface area contributed by atoms with Crippen LogP contribution in [0.25, 0.3) is 11.4 Å². The van der Waals surface area contributed by atoms with Crippen LogP contribution < -0.4 is 4.90 Å². The summed E-state index contributed by atoms with van der Waals surface area (Å²) in [5.74, 6) is 1.14. The number of rotatable bonds is 2. The van der Waals surface area contributed by atoms with E-state index in [1.807, 2.05) is 0 Å². The molecule has 18 heavy (non-hydrogen) atoms. The number of halogens is 1. The van der Waals surface area contributed by atoms with Crippen LogP contribution in [0, 0.1) is 0 Å². The molecule has 2 aromatic heterocycles. The van der Waals surface area contributed by atoms with Crippen molar-refractivity contribution in [3.8, 4) is 11.4 Å². The molecule has 0 N–H and O–H groups in total. The van der Waals surface area contributed by atoms with E-state index in [0.29, 0.717) is 11.8 Å². The molecule has 0 bridgehead atoms. The average molecular weight is 263 g/mol. The molecule has 3 rings (SSSR count). The van der Waals surface area contributed by atoms with Crippen LogP contribution in [0.3, 0.4) is 0 Å². The van der Waals surface area contributed by atoms with Crippen molar-refractivity contribution in [1.82, 2.24) is 24.9 Å². The number of nitrogens with zero attached hydrogens (tertiary/aromatic N) is 6. The second kappa shape index (κ2) is 4.81. The van der Waals surface area contributed by atoms with Crippen molar-refractivity contribution in [1.29, 1.82) is 0 Å². The van der Waals surface area contributed by atoms with Crippen LogP contribution in [-0.4, -0.2) is 38.0 Å². The smallest absolute Gasteiger partial charge is 0.230 e. The van der Waals surface area contributed by atoms with Crippen molar-refractivity contribution in [3.05, 3.63) is 24.0 Å². The molecule has 3 heterocycles. The Bertz CT molecular complexity index is 540. The fraction of sp³-hybridized carbons (Fsp3) is 0.364. The molecular weight excluding hydrogens is 252 g/mol. The van der Waals surface area contributed by atoms with E-state index in [9.17, 15) is 0 Å². The van der Waals surface area contributed by atoms with E-state index >= 15 is 0 Å². The third-order valence-electron chi connectivity index (χ3n) is 2.80. The molecule has 0 amide bonds. The van der Waals surface area contributed by atoms with Crippen LogP contribution in [0.5, 0.6) is 0 Å². The maximum Gasteiger partial charge on any atom is 0.230 e. The SMILES string of the molecule is Clc1nc(-c2cncnc2)nc(N2CCCC2)n1. The van der Waals surface area contributed by atoms with Crippen LogP contribution in [-0.2, 0) is 0 Å². The number of hydrogen-bond donors (Lipinski definition) is 0. The normalized spacial score (nSPS) is 15.1. The molecule has 0 radical (unpaired) electrons. The highest BCUT2D eigenvalue weighted by Crippen LogP contribution is 2.21. The maximum absolute atomic E-state index is 5.95. The van der Waals surface area contributed by atoms with E-state index < -0.39 is 0 Å². The minimum atomic E-state index is 0.200. The van der Waals surface area contributed by atoms with Crippen LogP contribution in [0.2, 0.25) is 5.28 Å². The summed E-state index contributed by atoms with van der Waals surface area (Å²) >= 11 is 5.95. The van der Waals surface area contributed by atoms with Crippen LogP contribution in [0.1, 0.15) is 12.8 Å². The standard InChI is InChI=1S/C11H11ClN6/c12-10-15-9(8-5-13-7-14-6-8)16-11(17-10)18-3-1-2-4-18/h5-7H,1-4H2. The van der Waals surface area contributed by atoms with Crippen LogP contribution >= 0.6 is 11.6 Å². The lowest BCUT2D eigenvalue weighted by molar-refractivity contribution is 0.882. The highest BCUT2D eigenvalue weighted by molar-refractivity contribution is 6.28. The summed E-state index contributed by atoms with van der Waals surface area (Å²) in [4.78, 5) is 22.7. The number of anilines is 1. The molecule has 1 saturated heterocycles. The molecule has 0 unspecified atom stereocenters. The first kappa shape index (κ1) is 11.3. The van der Waals surface area contributed by atoms with Crippen molar-refractivity contribution in [3.63, 3.8) is 0 Å². The summed E-state index contributed by atoms with van der Waals surface area (Å²) in [6.07, 6.45) is 7.10. The van der Waals surface area contributed by atoms with Gasteiger partial charge in [0.2, 0.25) is 11.2 Å². The fourth-order valence-electron chi connectivity index (χ4n) is 1.94. The fourth-order valence-corrected chi connectivity index (χ4v) is 2.10.